The second-order valence-electron chi connectivity index (χ2n) is 3.44. The third-order valence-electron chi connectivity index (χ3n) is 2.18. The SMILES string of the molecule is CN(C(=O)CC(O)CF)c1ccc(Cl)cc1. The molecule has 88 valence electrons. The summed E-state index contributed by atoms with van der Waals surface area (Å²) >= 11 is 5.71. The average molecular weight is 246 g/mol. The Hall–Kier alpha value is -1.13. The largest absolute Gasteiger partial charge is 0.390 e. The molecule has 0 bridgehead atoms. The predicted molar refractivity (Wildman–Crippen MR) is 61.5 cm³/mol. The van der Waals surface area contributed by atoms with Crippen LogP contribution in [0.1, 0.15) is 6.42 Å². The molecule has 0 spiro atoms. The normalized spacial score (nSPS) is 12.2. The first kappa shape index (κ1) is 12.9. The number of hydrogen-bond donors (Lipinski definition) is 1. The summed E-state index contributed by atoms with van der Waals surface area (Å²) in [5.74, 6) is -0.340. The van der Waals surface area contributed by atoms with Crippen molar-refractivity contribution in [3.63, 3.8) is 0 Å². The minimum absolute atomic E-state index is 0.227. The molecule has 16 heavy (non-hydrogen) atoms. The lowest BCUT2D eigenvalue weighted by molar-refractivity contribution is -0.120. The van der Waals surface area contributed by atoms with Crippen LogP contribution in [0, 0.1) is 0 Å². The van der Waals surface area contributed by atoms with Crippen LogP contribution in [-0.2, 0) is 4.79 Å². The van der Waals surface area contributed by atoms with Gasteiger partial charge in [0.05, 0.1) is 12.5 Å². The predicted octanol–water partition coefficient (Wildman–Crippen LogP) is 2.02. The highest BCUT2D eigenvalue weighted by Gasteiger charge is 2.15. The van der Waals surface area contributed by atoms with Gasteiger partial charge in [-0.05, 0) is 24.3 Å². The maximum Gasteiger partial charge on any atom is 0.229 e. The fraction of sp³-hybridized carbons (Fsp3) is 0.364. The molecule has 3 nitrogen and oxygen atoms in total. The molecule has 0 radical (unpaired) electrons. The van der Waals surface area contributed by atoms with Crippen molar-refractivity contribution in [2.45, 2.75) is 12.5 Å². The van der Waals surface area contributed by atoms with E-state index in [1.54, 1.807) is 31.3 Å². The molecular formula is C11H13ClFNO2. The van der Waals surface area contributed by atoms with E-state index in [1.807, 2.05) is 0 Å². The molecule has 0 fully saturated rings. The molecule has 1 rings (SSSR count). The van der Waals surface area contributed by atoms with E-state index in [-0.39, 0.29) is 12.3 Å². The molecule has 0 heterocycles. The number of nitrogens with zero attached hydrogens (tertiary/aromatic N) is 1. The Morgan fingerprint density at radius 1 is 1.50 bits per heavy atom. The smallest absolute Gasteiger partial charge is 0.229 e. The van der Waals surface area contributed by atoms with E-state index in [4.69, 9.17) is 16.7 Å². The first-order valence-electron chi connectivity index (χ1n) is 4.80. The summed E-state index contributed by atoms with van der Waals surface area (Å²) in [7, 11) is 1.57. The summed E-state index contributed by atoms with van der Waals surface area (Å²) in [6.45, 7) is -0.916. The quantitative estimate of drug-likeness (QED) is 0.882. The van der Waals surface area contributed by atoms with Crippen molar-refractivity contribution >= 4 is 23.2 Å². The molecular weight excluding hydrogens is 233 g/mol. The zero-order chi connectivity index (χ0) is 12.1. The molecule has 0 aliphatic rings. The maximum atomic E-state index is 12.0. The lowest BCUT2D eigenvalue weighted by atomic mass is 10.2. The second kappa shape index (κ2) is 5.82. The Morgan fingerprint density at radius 2 is 2.06 bits per heavy atom. The van der Waals surface area contributed by atoms with Crippen LogP contribution in [0.4, 0.5) is 10.1 Å². The van der Waals surface area contributed by atoms with Gasteiger partial charge in [0.15, 0.2) is 0 Å². The molecule has 1 unspecified atom stereocenters. The number of benzene rings is 1. The van der Waals surface area contributed by atoms with Gasteiger partial charge in [0.25, 0.3) is 0 Å². The Kier molecular flexibility index (Phi) is 4.71. The van der Waals surface area contributed by atoms with Crippen LogP contribution in [0.15, 0.2) is 24.3 Å². The fourth-order valence-corrected chi connectivity index (χ4v) is 1.33. The number of hydrogen-bond acceptors (Lipinski definition) is 2. The van der Waals surface area contributed by atoms with Crippen LogP contribution in [0.2, 0.25) is 5.02 Å². The van der Waals surface area contributed by atoms with Crippen molar-refractivity contribution in [2.24, 2.45) is 0 Å². The first-order chi connectivity index (χ1) is 7.54. The summed E-state index contributed by atoms with van der Waals surface area (Å²) in [4.78, 5) is 12.9. The van der Waals surface area contributed by atoms with Crippen molar-refractivity contribution in [3.8, 4) is 0 Å². The number of anilines is 1. The summed E-state index contributed by atoms with van der Waals surface area (Å²) in [6, 6.07) is 6.68. The Morgan fingerprint density at radius 3 is 2.56 bits per heavy atom. The van der Waals surface area contributed by atoms with Gasteiger partial charge in [0.1, 0.15) is 6.67 Å². The molecule has 0 saturated carbocycles. The third kappa shape index (κ3) is 3.47. The standard InChI is InChI=1S/C11H13ClFNO2/c1-14(11(16)6-10(15)7-13)9-4-2-8(12)3-5-9/h2-5,10,15H,6-7H2,1H3. The van der Waals surface area contributed by atoms with Crippen molar-refractivity contribution in [3.05, 3.63) is 29.3 Å². The van der Waals surface area contributed by atoms with Crippen LogP contribution in [-0.4, -0.2) is 30.8 Å². The fourth-order valence-electron chi connectivity index (χ4n) is 1.20. The summed E-state index contributed by atoms with van der Waals surface area (Å²) < 4.78 is 12.0. The zero-order valence-corrected chi connectivity index (χ0v) is 9.62. The average Bonchev–Trinajstić information content (AvgIpc) is 2.28. The van der Waals surface area contributed by atoms with Gasteiger partial charge >= 0.3 is 0 Å². The van der Waals surface area contributed by atoms with Crippen molar-refractivity contribution in [1.82, 2.24) is 0 Å². The van der Waals surface area contributed by atoms with Crippen molar-refractivity contribution < 1.29 is 14.3 Å². The van der Waals surface area contributed by atoms with E-state index in [9.17, 15) is 9.18 Å². The number of carbonyl (C=O) groups is 1. The summed E-state index contributed by atoms with van der Waals surface area (Å²) in [5, 5.41) is 9.60. The van der Waals surface area contributed by atoms with Gasteiger partial charge in [0.2, 0.25) is 5.91 Å². The topological polar surface area (TPSA) is 40.5 Å². The van der Waals surface area contributed by atoms with E-state index in [0.717, 1.165) is 0 Å². The molecule has 0 saturated heterocycles. The first-order valence-corrected chi connectivity index (χ1v) is 5.18. The molecule has 0 aromatic heterocycles. The van der Waals surface area contributed by atoms with Crippen molar-refractivity contribution in [2.75, 3.05) is 18.6 Å². The van der Waals surface area contributed by atoms with Crippen LogP contribution in [0.5, 0.6) is 0 Å². The summed E-state index contributed by atoms with van der Waals surface area (Å²) in [5.41, 5.74) is 0.653. The van der Waals surface area contributed by atoms with E-state index in [2.05, 4.69) is 0 Å². The number of aliphatic hydroxyl groups is 1. The number of amides is 1. The second-order valence-corrected chi connectivity index (χ2v) is 3.88. The number of alkyl halides is 1. The van der Waals surface area contributed by atoms with Gasteiger partial charge < -0.3 is 10.0 Å². The van der Waals surface area contributed by atoms with Crippen LogP contribution in [0.25, 0.3) is 0 Å². The number of carbonyl (C=O) groups excluding carboxylic acids is 1. The van der Waals surface area contributed by atoms with Crippen LogP contribution >= 0.6 is 11.6 Å². The maximum absolute atomic E-state index is 12.0. The number of halogens is 2. The van der Waals surface area contributed by atoms with Gasteiger partial charge in [-0.25, -0.2) is 4.39 Å². The Labute approximate surface area is 98.4 Å². The minimum atomic E-state index is -1.23. The lowest BCUT2D eigenvalue weighted by Gasteiger charge is -2.18. The van der Waals surface area contributed by atoms with Crippen LogP contribution < -0.4 is 4.90 Å². The van der Waals surface area contributed by atoms with Crippen molar-refractivity contribution in [1.29, 1.82) is 0 Å². The third-order valence-corrected chi connectivity index (χ3v) is 2.43. The number of rotatable bonds is 4. The highest BCUT2D eigenvalue weighted by molar-refractivity contribution is 6.30. The van der Waals surface area contributed by atoms with Gasteiger partial charge in [-0.2, -0.15) is 0 Å². The molecule has 0 aliphatic carbocycles. The van der Waals surface area contributed by atoms with Gasteiger partial charge in [0, 0.05) is 17.8 Å². The summed E-state index contributed by atoms with van der Waals surface area (Å²) in [6.07, 6.45) is -1.46. The van der Waals surface area contributed by atoms with Gasteiger partial charge in [-0.3, -0.25) is 4.79 Å². The van der Waals surface area contributed by atoms with Gasteiger partial charge in [-0.15, -0.1) is 0 Å². The molecule has 1 aromatic rings. The van der Waals surface area contributed by atoms with E-state index in [1.165, 1.54) is 4.90 Å². The zero-order valence-electron chi connectivity index (χ0n) is 8.86. The highest BCUT2D eigenvalue weighted by Crippen LogP contribution is 2.17. The lowest BCUT2D eigenvalue weighted by Crippen LogP contribution is -2.30. The monoisotopic (exact) mass is 245 g/mol. The van der Waals surface area contributed by atoms with E-state index in [0.29, 0.717) is 10.7 Å². The van der Waals surface area contributed by atoms with Crippen LogP contribution in [0.3, 0.4) is 0 Å². The van der Waals surface area contributed by atoms with E-state index < -0.39 is 12.8 Å². The molecule has 5 heteroatoms. The van der Waals surface area contributed by atoms with Gasteiger partial charge in [-0.1, -0.05) is 11.6 Å². The molecule has 1 amide bonds. The number of aliphatic hydroxyl groups excluding tert-OH is 1. The molecule has 1 atom stereocenters. The molecule has 1 N–H and O–H groups in total. The Balaban J connectivity index is 2.66. The Bertz CT molecular complexity index is 356. The minimum Gasteiger partial charge on any atom is -0.390 e. The highest BCUT2D eigenvalue weighted by atomic mass is 35.5. The molecule has 1 aromatic carbocycles. The molecule has 0 aliphatic heterocycles. The van der Waals surface area contributed by atoms with E-state index >= 15 is 0 Å².